The number of nitrogens with zero attached hydrogens (tertiary/aromatic N) is 1. The van der Waals surface area contributed by atoms with Crippen LogP contribution in [0.2, 0.25) is 0 Å². The van der Waals surface area contributed by atoms with Gasteiger partial charge in [-0.05, 0) is 22.4 Å². The maximum Gasteiger partial charge on any atom is 0.325 e. The fourth-order valence-corrected chi connectivity index (χ4v) is 2.87. The van der Waals surface area contributed by atoms with Crippen LogP contribution in [0.25, 0.3) is 10.8 Å². The molecule has 0 aromatic heterocycles. The molecule has 0 fully saturated rings. The van der Waals surface area contributed by atoms with E-state index in [9.17, 15) is 19.7 Å². The normalized spacial score (nSPS) is 10.4. The number of amides is 1. The summed E-state index contributed by atoms with van der Waals surface area (Å²) in [5.74, 6) is -0.969. The molecule has 142 valence electrons. The van der Waals surface area contributed by atoms with Crippen LogP contribution in [0.4, 0.5) is 5.69 Å². The van der Waals surface area contributed by atoms with E-state index in [2.05, 4.69) is 5.32 Å². The molecule has 1 N–H and O–H groups in total. The summed E-state index contributed by atoms with van der Waals surface area (Å²) in [5.41, 5.74) is 1.04. The van der Waals surface area contributed by atoms with Crippen LogP contribution in [0.15, 0.2) is 66.7 Å². The molecule has 0 radical (unpaired) electrons. The smallest absolute Gasteiger partial charge is 0.325 e. The Morgan fingerprint density at radius 1 is 0.929 bits per heavy atom. The van der Waals surface area contributed by atoms with Gasteiger partial charge in [-0.2, -0.15) is 0 Å². The van der Waals surface area contributed by atoms with Gasteiger partial charge in [-0.25, -0.2) is 0 Å². The van der Waals surface area contributed by atoms with E-state index in [1.807, 2.05) is 42.5 Å². The average molecular weight is 378 g/mol. The molecule has 3 aromatic rings. The van der Waals surface area contributed by atoms with E-state index in [1.165, 1.54) is 18.2 Å². The van der Waals surface area contributed by atoms with E-state index in [0.29, 0.717) is 5.56 Å². The highest BCUT2D eigenvalue weighted by molar-refractivity contribution is 5.91. The highest BCUT2D eigenvalue weighted by atomic mass is 16.6. The molecule has 0 spiro atoms. The molecule has 7 nitrogen and oxygen atoms in total. The summed E-state index contributed by atoms with van der Waals surface area (Å²) in [6, 6.07) is 19.5. The van der Waals surface area contributed by atoms with Crippen molar-refractivity contribution < 1.29 is 19.2 Å². The van der Waals surface area contributed by atoms with Crippen molar-refractivity contribution in [1.82, 2.24) is 5.32 Å². The van der Waals surface area contributed by atoms with Crippen molar-refractivity contribution in [2.24, 2.45) is 0 Å². The fraction of sp³-hybridized carbons (Fsp3) is 0.143. The molecule has 7 heteroatoms. The minimum Gasteiger partial charge on any atom is -0.459 e. The molecule has 0 saturated heterocycles. The van der Waals surface area contributed by atoms with E-state index in [1.54, 1.807) is 6.07 Å². The van der Waals surface area contributed by atoms with Crippen LogP contribution in [0.3, 0.4) is 0 Å². The summed E-state index contributed by atoms with van der Waals surface area (Å²) in [7, 11) is 0. The number of nitro groups is 1. The maximum absolute atomic E-state index is 12.2. The van der Waals surface area contributed by atoms with Crippen molar-refractivity contribution in [3.05, 3.63) is 88.0 Å². The fourth-order valence-electron chi connectivity index (χ4n) is 2.87. The molecule has 1 amide bonds. The molecule has 0 unspecified atom stereocenters. The number of rotatable bonds is 7. The molecule has 0 heterocycles. The molecule has 3 rings (SSSR count). The third kappa shape index (κ3) is 4.70. The van der Waals surface area contributed by atoms with E-state index < -0.39 is 10.9 Å². The Kier molecular flexibility index (Phi) is 5.96. The molecule has 0 aliphatic rings. The van der Waals surface area contributed by atoms with Crippen LogP contribution >= 0.6 is 0 Å². The summed E-state index contributed by atoms with van der Waals surface area (Å²) in [5, 5.41) is 15.5. The van der Waals surface area contributed by atoms with E-state index in [4.69, 9.17) is 4.74 Å². The monoisotopic (exact) mass is 378 g/mol. The lowest BCUT2D eigenvalue weighted by molar-refractivity contribution is -0.385. The Labute approximate surface area is 161 Å². The predicted octanol–water partition coefficient (Wildman–Crippen LogP) is 3.15. The number of nitro benzene ring substituents is 1. The van der Waals surface area contributed by atoms with Crippen LogP contribution in [0, 0.1) is 10.1 Å². The molecule has 0 aliphatic heterocycles. The minimum absolute atomic E-state index is 0.115. The molecule has 28 heavy (non-hydrogen) atoms. The second-order valence-corrected chi connectivity index (χ2v) is 6.14. The number of ether oxygens (including phenoxy) is 1. The first-order chi connectivity index (χ1) is 13.5. The first-order valence-electron chi connectivity index (χ1n) is 8.66. The number of carbonyl (C=O) groups excluding carboxylic acids is 2. The zero-order valence-electron chi connectivity index (χ0n) is 15.0. The standard InChI is InChI=1S/C21H18N2O5/c24-20(12-16-9-5-8-15-6-1-3-10-18(15)16)22-13-21(25)28-14-17-7-2-4-11-19(17)23(26)27/h1-11H,12-14H2,(H,22,24). The van der Waals surface area contributed by atoms with E-state index >= 15 is 0 Å². The summed E-state index contributed by atoms with van der Waals surface area (Å²) >= 11 is 0. The topological polar surface area (TPSA) is 98.5 Å². The van der Waals surface area contributed by atoms with Gasteiger partial charge in [0.25, 0.3) is 5.69 Å². The Morgan fingerprint density at radius 2 is 1.61 bits per heavy atom. The predicted molar refractivity (Wildman–Crippen MR) is 104 cm³/mol. The second-order valence-electron chi connectivity index (χ2n) is 6.14. The number of carbonyl (C=O) groups is 2. The molecule has 0 bridgehead atoms. The Hall–Kier alpha value is -3.74. The van der Waals surface area contributed by atoms with Crippen LogP contribution in [-0.2, 0) is 27.4 Å². The number of esters is 1. The number of para-hydroxylation sites is 1. The van der Waals surface area contributed by atoms with Gasteiger partial charge in [0, 0.05) is 6.07 Å². The lowest BCUT2D eigenvalue weighted by Crippen LogP contribution is -2.31. The largest absolute Gasteiger partial charge is 0.459 e. The third-order valence-corrected chi connectivity index (χ3v) is 4.24. The van der Waals surface area contributed by atoms with Gasteiger partial charge < -0.3 is 10.1 Å². The van der Waals surface area contributed by atoms with Crippen molar-refractivity contribution >= 4 is 28.3 Å². The van der Waals surface area contributed by atoms with Crippen molar-refractivity contribution in [3.8, 4) is 0 Å². The van der Waals surface area contributed by atoms with E-state index in [0.717, 1.165) is 16.3 Å². The number of hydrogen-bond acceptors (Lipinski definition) is 5. The molecule has 0 saturated carbocycles. The van der Waals surface area contributed by atoms with Crippen LogP contribution in [-0.4, -0.2) is 23.3 Å². The summed E-state index contributed by atoms with van der Waals surface area (Å²) in [6.45, 7) is -0.528. The molecule has 3 aromatic carbocycles. The number of fused-ring (bicyclic) bond motifs is 1. The van der Waals surface area contributed by atoms with Crippen LogP contribution in [0.1, 0.15) is 11.1 Å². The van der Waals surface area contributed by atoms with Crippen molar-refractivity contribution in [2.45, 2.75) is 13.0 Å². The highest BCUT2D eigenvalue weighted by Crippen LogP contribution is 2.19. The summed E-state index contributed by atoms with van der Waals surface area (Å²) < 4.78 is 5.03. The number of nitrogens with one attached hydrogen (secondary N) is 1. The summed E-state index contributed by atoms with van der Waals surface area (Å²) in [4.78, 5) is 34.5. The van der Waals surface area contributed by atoms with Crippen molar-refractivity contribution in [1.29, 1.82) is 0 Å². The molecule has 0 atom stereocenters. The number of benzene rings is 3. The summed E-state index contributed by atoms with van der Waals surface area (Å²) in [6.07, 6.45) is 0.138. The van der Waals surface area contributed by atoms with Gasteiger partial charge >= 0.3 is 5.97 Å². The van der Waals surface area contributed by atoms with Gasteiger partial charge in [-0.15, -0.1) is 0 Å². The van der Waals surface area contributed by atoms with Gasteiger partial charge in [0.15, 0.2) is 0 Å². The van der Waals surface area contributed by atoms with Crippen molar-refractivity contribution in [3.63, 3.8) is 0 Å². The Morgan fingerprint density at radius 3 is 2.43 bits per heavy atom. The SMILES string of the molecule is O=C(Cc1cccc2ccccc12)NCC(=O)OCc1ccccc1[N+](=O)[O-]. The molecule has 0 aliphatic carbocycles. The Balaban J connectivity index is 1.52. The van der Waals surface area contributed by atoms with Gasteiger partial charge in [-0.1, -0.05) is 54.6 Å². The van der Waals surface area contributed by atoms with Gasteiger partial charge in [0.1, 0.15) is 13.2 Å². The zero-order valence-corrected chi connectivity index (χ0v) is 15.0. The Bertz CT molecular complexity index is 1030. The first-order valence-corrected chi connectivity index (χ1v) is 8.66. The lowest BCUT2D eigenvalue weighted by atomic mass is 10.0. The first kappa shape index (κ1) is 19.0. The molecular weight excluding hydrogens is 360 g/mol. The maximum atomic E-state index is 12.2. The van der Waals surface area contributed by atoms with Gasteiger partial charge in [0.05, 0.1) is 16.9 Å². The third-order valence-electron chi connectivity index (χ3n) is 4.24. The van der Waals surface area contributed by atoms with Gasteiger partial charge in [0.2, 0.25) is 5.91 Å². The van der Waals surface area contributed by atoms with Crippen LogP contribution in [0.5, 0.6) is 0 Å². The van der Waals surface area contributed by atoms with Crippen molar-refractivity contribution in [2.75, 3.05) is 6.54 Å². The number of hydrogen-bond donors (Lipinski definition) is 1. The van der Waals surface area contributed by atoms with Crippen LogP contribution < -0.4 is 5.32 Å². The average Bonchev–Trinajstić information content (AvgIpc) is 2.71. The second kappa shape index (κ2) is 8.77. The molecular formula is C21H18N2O5. The van der Waals surface area contributed by atoms with E-state index in [-0.39, 0.29) is 31.2 Å². The quantitative estimate of drug-likeness (QED) is 0.387. The zero-order chi connectivity index (χ0) is 19.9. The lowest BCUT2D eigenvalue weighted by Gasteiger charge is -2.08. The highest BCUT2D eigenvalue weighted by Gasteiger charge is 2.15. The minimum atomic E-state index is -0.663. The van der Waals surface area contributed by atoms with Gasteiger partial charge in [-0.3, -0.25) is 19.7 Å².